The average Bonchev–Trinajstić information content (AvgIpc) is 3.47. The van der Waals surface area contributed by atoms with E-state index < -0.39 is 10.0 Å². The summed E-state index contributed by atoms with van der Waals surface area (Å²) >= 11 is 6.41. The van der Waals surface area contributed by atoms with Crippen molar-refractivity contribution in [2.24, 2.45) is 0 Å². The number of anilines is 4. The van der Waals surface area contributed by atoms with Crippen molar-refractivity contribution in [1.82, 2.24) is 19.6 Å². The zero-order chi connectivity index (χ0) is 28.5. The molecule has 3 N–H and O–H groups in total. The van der Waals surface area contributed by atoms with Gasteiger partial charge in [-0.3, -0.25) is 4.90 Å². The number of methoxy groups -OCH3 is 1. The highest BCUT2D eigenvalue weighted by Gasteiger charge is 2.22. The highest BCUT2D eigenvalue weighted by molar-refractivity contribution is 7.89. The van der Waals surface area contributed by atoms with E-state index in [-0.39, 0.29) is 27.7 Å². The summed E-state index contributed by atoms with van der Waals surface area (Å²) in [7, 11) is -2.20. The van der Waals surface area contributed by atoms with Crippen LogP contribution in [-0.2, 0) is 10.0 Å². The van der Waals surface area contributed by atoms with Crippen molar-refractivity contribution < 1.29 is 17.9 Å². The van der Waals surface area contributed by atoms with Gasteiger partial charge in [-0.15, -0.1) is 0 Å². The number of rotatable bonds is 14. The fourth-order valence-electron chi connectivity index (χ4n) is 4.48. The van der Waals surface area contributed by atoms with Gasteiger partial charge in [-0.05, 0) is 63.0 Å². The van der Waals surface area contributed by atoms with Crippen LogP contribution in [0.25, 0.3) is 0 Å². The first-order valence-electron chi connectivity index (χ1n) is 13.5. The largest absolute Gasteiger partial charge is 0.495 e. The molecule has 0 aliphatic carbocycles. The number of halogens is 1. The number of para-hydroxylation sites is 1. The Hall–Kier alpha value is -3.12. The minimum atomic E-state index is -3.78. The molecule has 2 heterocycles. The molecule has 40 heavy (non-hydrogen) atoms. The lowest BCUT2D eigenvalue weighted by molar-refractivity contribution is 0.237. The molecule has 0 amide bonds. The normalized spacial score (nSPS) is 13.9. The zero-order valence-electron chi connectivity index (χ0n) is 23.1. The van der Waals surface area contributed by atoms with Gasteiger partial charge in [-0.1, -0.05) is 37.6 Å². The van der Waals surface area contributed by atoms with Crippen LogP contribution >= 0.6 is 11.6 Å². The lowest BCUT2D eigenvalue weighted by atomic mass is 10.2. The van der Waals surface area contributed by atoms with Gasteiger partial charge in [0.2, 0.25) is 16.0 Å². The molecule has 0 radical (unpaired) electrons. The van der Waals surface area contributed by atoms with E-state index >= 15 is 0 Å². The number of ether oxygens (including phenoxy) is 2. The molecule has 216 valence electrons. The number of likely N-dealkylation sites (tertiary alicyclic amines) is 1. The lowest BCUT2D eigenvalue weighted by Crippen LogP contribution is -2.34. The summed E-state index contributed by atoms with van der Waals surface area (Å²) in [5.41, 5.74) is 0.963. The molecule has 12 heteroatoms. The summed E-state index contributed by atoms with van der Waals surface area (Å²) in [4.78, 5) is 11.3. The Bertz CT molecular complexity index is 1380. The fourth-order valence-corrected chi connectivity index (χ4v) is 6.18. The number of aromatic nitrogens is 2. The standard InChI is InChI=1S/C28H37ClN6O4S/c1-4-20(5-2)34-40(36,37)26-11-7-6-10-23(26)31-27-22(29)19-30-28(33-27)32-24-18-21(12-13-25(24)38-3)39-17-16-35-14-8-9-15-35/h6-7,10-13,18-20,34H,4-5,8-9,14-17H2,1-3H3,(H2,30,31,32,33). The molecule has 1 aromatic heterocycles. The molecule has 2 aromatic carbocycles. The molecule has 0 unspecified atom stereocenters. The van der Waals surface area contributed by atoms with Gasteiger partial charge in [0.25, 0.3) is 0 Å². The number of benzene rings is 2. The molecule has 4 rings (SSSR count). The van der Waals surface area contributed by atoms with Crippen LogP contribution in [0.3, 0.4) is 0 Å². The average molecular weight is 589 g/mol. The third-order valence-electron chi connectivity index (χ3n) is 6.77. The van der Waals surface area contributed by atoms with E-state index in [0.29, 0.717) is 42.3 Å². The minimum absolute atomic E-state index is 0.103. The van der Waals surface area contributed by atoms with Crippen molar-refractivity contribution in [3.05, 3.63) is 53.7 Å². The molecular weight excluding hydrogens is 552 g/mol. The van der Waals surface area contributed by atoms with Crippen LogP contribution in [0.5, 0.6) is 11.5 Å². The Morgan fingerprint density at radius 2 is 1.80 bits per heavy atom. The van der Waals surface area contributed by atoms with E-state index in [0.717, 1.165) is 19.6 Å². The van der Waals surface area contributed by atoms with Crippen molar-refractivity contribution in [1.29, 1.82) is 0 Å². The van der Waals surface area contributed by atoms with Gasteiger partial charge in [0.05, 0.1) is 24.7 Å². The molecule has 1 saturated heterocycles. The third kappa shape index (κ3) is 7.75. The summed E-state index contributed by atoms with van der Waals surface area (Å²) in [6, 6.07) is 12.0. The number of sulfonamides is 1. The first-order valence-corrected chi connectivity index (χ1v) is 15.4. The van der Waals surface area contributed by atoms with Crippen LogP contribution in [0, 0.1) is 0 Å². The highest BCUT2D eigenvalue weighted by atomic mass is 35.5. The molecule has 1 fully saturated rings. The molecule has 0 atom stereocenters. The molecule has 0 bridgehead atoms. The maximum Gasteiger partial charge on any atom is 0.242 e. The quantitative estimate of drug-likeness (QED) is 0.222. The van der Waals surface area contributed by atoms with Crippen molar-refractivity contribution in [3.8, 4) is 11.5 Å². The van der Waals surface area contributed by atoms with Crippen molar-refractivity contribution in [2.45, 2.75) is 50.5 Å². The number of nitrogens with zero attached hydrogens (tertiary/aromatic N) is 3. The second-order valence-corrected chi connectivity index (χ2v) is 11.6. The zero-order valence-corrected chi connectivity index (χ0v) is 24.7. The van der Waals surface area contributed by atoms with Gasteiger partial charge in [0, 0.05) is 18.7 Å². The molecule has 10 nitrogen and oxygen atoms in total. The Labute approximate surface area is 241 Å². The molecule has 1 aliphatic rings. The molecule has 0 spiro atoms. The van der Waals surface area contributed by atoms with Crippen molar-refractivity contribution in [2.75, 3.05) is 44.0 Å². The summed E-state index contributed by atoms with van der Waals surface area (Å²) in [6.07, 6.45) is 5.30. The van der Waals surface area contributed by atoms with Gasteiger partial charge in [0.15, 0.2) is 5.82 Å². The predicted molar refractivity (Wildman–Crippen MR) is 159 cm³/mol. The van der Waals surface area contributed by atoms with Crippen LogP contribution in [0.1, 0.15) is 39.5 Å². The van der Waals surface area contributed by atoms with E-state index in [2.05, 4.69) is 30.2 Å². The SMILES string of the molecule is CCC(CC)NS(=O)(=O)c1ccccc1Nc1nc(Nc2cc(OCCN3CCCC3)ccc2OC)ncc1Cl. The summed E-state index contributed by atoms with van der Waals surface area (Å²) in [6.45, 7) is 7.60. The Kier molecular flexibility index (Phi) is 10.4. The third-order valence-corrected chi connectivity index (χ3v) is 8.63. The minimum Gasteiger partial charge on any atom is -0.495 e. The van der Waals surface area contributed by atoms with Gasteiger partial charge < -0.3 is 20.1 Å². The molecule has 3 aromatic rings. The maximum atomic E-state index is 13.2. The number of hydrogen-bond acceptors (Lipinski definition) is 9. The van der Waals surface area contributed by atoms with Gasteiger partial charge in [0.1, 0.15) is 28.0 Å². The van der Waals surface area contributed by atoms with E-state index in [4.69, 9.17) is 21.1 Å². The predicted octanol–water partition coefficient (Wildman–Crippen LogP) is 5.57. The number of hydrogen-bond donors (Lipinski definition) is 3. The second-order valence-electron chi connectivity index (χ2n) is 9.53. The van der Waals surface area contributed by atoms with E-state index in [1.807, 2.05) is 32.0 Å². The van der Waals surface area contributed by atoms with Crippen LogP contribution in [0.4, 0.5) is 23.1 Å². The molecule has 0 saturated carbocycles. The highest BCUT2D eigenvalue weighted by Crippen LogP contribution is 2.33. The summed E-state index contributed by atoms with van der Waals surface area (Å²) in [5, 5.41) is 6.48. The van der Waals surface area contributed by atoms with Crippen molar-refractivity contribution in [3.63, 3.8) is 0 Å². The first-order chi connectivity index (χ1) is 19.3. The smallest absolute Gasteiger partial charge is 0.242 e. The van der Waals surface area contributed by atoms with Crippen LogP contribution < -0.4 is 24.8 Å². The Morgan fingerprint density at radius 1 is 1.05 bits per heavy atom. The number of nitrogens with one attached hydrogen (secondary N) is 3. The van der Waals surface area contributed by atoms with E-state index in [1.165, 1.54) is 19.0 Å². The maximum absolute atomic E-state index is 13.2. The van der Waals surface area contributed by atoms with Crippen LogP contribution in [0.15, 0.2) is 53.6 Å². The topological polar surface area (TPSA) is 118 Å². The fraction of sp³-hybridized carbons (Fsp3) is 0.429. The summed E-state index contributed by atoms with van der Waals surface area (Å²) in [5.74, 6) is 1.78. The van der Waals surface area contributed by atoms with Crippen LogP contribution in [-0.4, -0.2) is 62.7 Å². The summed E-state index contributed by atoms with van der Waals surface area (Å²) < 4.78 is 40.6. The van der Waals surface area contributed by atoms with Crippen molar-refractivity contribution >= 4 is 44.8 Å². The second kappa shape index (κ2) is 14.0. The molecule has 1 aliphatic heterocycles. The Balaban J connectivity index is 1.52. The first kappa shape index (κ1) is 29.9. The van der Waals surface area contributed by atoms with Gasteiger partial charge >= 0.3 is 0 Å². The monoisotopic (exact) mass is 588 g/mol. The van der Waals surface area contributed by atoms with Crippen LogP contribution in [0.2, 0.25) is 5.02 Å². The molecular formula is C28H37ClN6O4S. The van der Waals surface area contributed by atoms with Gasteiger partial charge in [-0.25, -0.2) is 18.1 Å². The van der Waals surface area contributed by atoms with E-state index in [9.17, 15) is 8.42 Å². The Morgan fingerprint density at radius 3 is 2.52 bits per heavy atom. The van der Waals surface area contributed by atoms with E-state index in [1.54, 1.807) is 31.4 Å². The van der Waals surface area contributed by atoms with Gasteiger partial charge in [-0.2, -0.15) is 4.98 Å². The lowest BCUT2D eigenvalue weighted by Gasteiger charge is -2.18.